The van der Waals surface area contributed by atoms with Gasteiger partial charge in [0.15, 0.2) is 0 Å². The van der Waals surface area contributed by atoms with Crippen molar-refractivity contribution in [3.63, 3.8) is 0 Å². The lowest BCUT2D eigenvalue weighted by Crippen LogP contribution is -2.43. The number of likely N-dealkylation sites (tertiary alicyclic amines) is 1. The summed E-state index contributed by atoms with van der Waals surface area (Å²) in [6, 6.07) is 0.494. The van der Waals surface area contributed by atoms with Crippen molar-refractivity contribution >= 4 is 17.5 Å². The van der Waals surface area contributed by atoms with Crippen LogP contribution < -0.4 is 0 Å². The highest BCUT2D eigenvalue weighted by Crippen LogP contribution is 2.34. The van der Waals surface area contributed by atoms with Crippen LogP contribution in [-0.4, -0.2) is 28.8 Å². The summed E-state index contributed by atoms with van der Waals surface area (Å²) in [6.07, 6.45) is 9.05. The van der Waals surface area contributed by atoms with Crippen molar-refractivity contribution in [1.82, 2.24) is 4.90 Å². The van der Waals surface area contributed by atoms with Gasteiger partial charge in [-0.25, -0.2) is 0 Å². The molecule has 1 saturated heterocycles. The van der Waals surface area contributed by atoms with Gasteiger partial charge in [0.1, 0.15) is 5.38 Å². The molecule has 1 heterocycles. The molecule has 2 aliphatic rings. The van der Waals surface area contributed by atoms with Gasteiger partial charge in [0.2, 0.25) is 5.91 Å². The van der Waals surface area contributed by atoms with Gasteiger partial charge in [-0.05, 0) is 38.5 Å². The van der Waals surface area contributed by atoms with E-state index in [-0.39, 0.29) is 11.3 Å². The average Bonchev–Trinajstić information content (AvgIpc) is 2.77. The molecule has 2 rings (SSSR count). The van der Waals surface area contributed by atoms with Gasteiger partial charge in [0, 0.05) is 12.6 Å². The van der Waals surface area contributed by atoms with Crippen LogP contribution in [0, 0.1) is 5.92 Å². The summed E-state index contributed by atoms with van der Waals surface area (Å²) in [6.45, 7) is 2.72. The fourth-order valence-corrected chi connectivity index (χ4v) is 3.43. The minimum atomic E-state index is -0.357. The van der Waals surface area contributed by atoms with Crippen LogP contribution in [0.3, 0.4) is 0 Å². The van der Waals surface area contributed by atoms with Crippen LogP contribution >= 0.6 is 11.6 Å². The normalized spacial score (nSPS) is 29.4. The van der Waals surface area contributed by atoms with E-state index in [4.69, 9.17) is 11.6 Å². The number of nitrogens with zero attached hydrogens (tertiary/aromatic N) is 1. The molecular formula is C13H22ClNO. The molecule has 16 heavy (non-hydrogen) atoms. The van der Waals surface area contributed by atoms with Crippen molar-refractivity contribution in [3.05, 3.63) is 0 Å². The van der Waals surface area contributed by atoms with Gasteiger partial charge >= 0.3 is 0 Å². The van der Waals surface area contributed by atoms with E-state index in [0.717, 1.165) is 18.9 Å². The summed E-state index contributed by atoms with van der Waals surface area (Å²) in [4.78, 5) is 14.1. The fraction of sp³-hybridized carbons (Fsp3) is 0.923. The second kappa shape index (κ2) is 5.39. The van der Waals surface area contributed by atoms with E-state index in [1.165, 1.54) is 38.5 Å². The fourth-order valence-electron chi connectivity index (χ4n) is 3.30. The number of halogens is 1. The lowest BCUT2D eigenvalue weighted by molar-refractivity contribution is -0.132. The predicted octanol–water partition coefficient (Wildman–Crippen LogP) is 3.19. The first-order valence-electron chi connectivity index (χ1n) is 6.64. The molecule has 0 aromatic carbocycles. The van der Waals surface area contributed by atoms with Crippen LogP contribution in [0.5, 0.6) is 0 Å². The Labute approximate surface area is 103 Å². The third-order valence-corrected chi connectivity index (χ3v) is 4.30. The van der Waals surface area contributed by atoms with Crippen LogP contribution in [0.2, 0.25) is 0 Å². The first-order chi connectivity index (χ1) is 7.70. The number of hydrogen-bond donors (Lipinski definition) is 0. The van der Waals surface area contributed by atoms with Crippen molar-refractivity contribution in [2.24, 2.45) is 5.92 Å². The maximum atomic E-state index is 12.0. The van der Waals surface area contributed by atoms with Crippen LogP contribution in [0.1, 0.15) is 51.9 Å². The molecular weight excluding hydrogens is 222 g/mol. The zero-order chi connectivity index (χ0) is 11.5. The van der Waals surface area contributed by atoms with Gasteiger partial charge < -0.3 is 4.90 Å². The number of amides is 1. The minimum absolute atomic E-state index is 0.148. The van der Waals surface area contributed by atoms with Crippen molar-refractivity contribution < 1.29 is 4.79 Å². The zero-order valence-corrected chi connectivity index (χ0v) is 10.9. The van der Waals surface area contributed by atoms with E-state index < -0.39 is 0 Å². The Kier molecular flexibility index (Phi) is 4.12. The Morgan fingerprint density at radius 2 is 1.88 bits per heavy atom. The Morgan fingerprint density at radius 1 is 1.19 bits per heavy atom. The summed E-state index contributed by atoms with van der Waals surface area (Å²) >= 11 is 5.92. The Bertz CT molecular complexity index is 248. The summed E-state index contributed by atoms with van der Waals surface area (Å²) < 4.78 is 0. The topological polar surface area (TPSA) is 20.3 Å². The summed E-state index contributed by atoms with van der Waals surface area (Å²) in [5.74, 6) is 0.894. The molecule has 0 aromatic heterocycles. The molecule has 2 nitrogen and oxygen atoms in total. The molecule has 3 heteroatoms. The monoisotopic (exact) mass is 243 g/mol. The number of rotatable bonds is 2. The molecule has 0 N–H and O–H groups in total. The zero-order valence-electron chi connectivity index (χ0n) is 10.1. The van der Waals surface area contributed by atoms with Crippen LogP contribution in [0.25, 0.3) is 0 Å². The Hall–Kier alpha value is -0.240. The molecule has 92 valence electrons. The van der Waals surface area contributed by atoms with Crippen LogP contribution in [-0.2, 0) is 4.79 Å². The third-order valence-electron chi connectivity index (χ3n) is 4.12. The summed E-state index contributed by atoms with van der Waals surface area (Å²) in [5.41, 5.74) is 0. The van der Waals surface area contributed by atoms with E-state index in [1.807, 2.05) is 0 Å². The van der Waals surface area contributed by atoms with E-state index in [0.29, 0.717) is 6.04 Å². The summed E-state index contributed by atoms with van der Waals surface area (Å²) in [7, 11) is 0. The molecule has 2 unspecified atom stereocenters. The maximum Gasteiger partial charge on any atom is 0.240 e. The predicted molar refractivity (Wildman–Crippen MR) is 66.6 cm³/mol. The van der Waals surface area contributed by atoms with Gasteiger partial charge in [-0.2, -0.15) is 0 Å². The quantitative estimate of drug-likeness (QED) is 0.683. The summed E-state index contributed by atoms with van der Waals surface area (Å²) in [5, 5.41) is -0.357. The maximum absolute atomic E-state index is 12.0. The van der Waals surface area contributed by atoms with Crippen molar-refractivity contribution in [3.8, 4) is 0 Å². The van der Waals surface area contributed by atoms with E-state index in [2.05, 4.69) is 4.90 Å². The Balaban J connectivity index is 1.99. The number of alkyl halides is 1. The molecule has 2 atom stereocenters. The highest BCUT2D eigenvalue weighted by Gasteiger charge is 2.36. The number of carbonyl (C=O) groups is 1. The van der Waals surface area contributed by atoms with Gasteiger partial charge in [-0.3, -0.25) is 4.79 Å². The van der Waals surface area contributed by atoms with Gasteiger partial charge in [0.25, 0.3) is 0 Å². The second-order valence-electron chi connectivity index (χ2n) is 5.26. The molecule has 0 radical (unpaired) electrons. The van der Waals surface area contributed by atoms with Crippen molar-refractivity contribution in [1.29, 1.82) is 0 Å². The minimum Gasteiger partial charge on any atom is -0.338 e. The van der Waals surface area contributed by atoms with Crippen molar-refractivity contribution in [2.75, 3.05) is 6.54 Å². The standard InChI is InChI=1S/C13H22ClNO/c1-10(14)13(16)15-9-5-8-12(15)11-6-3-2-4-7-11/h10-12H,2-9H2,1H3. The highest BCUT2D eigenvalue weighted by molar-refractivity contribution is 6.30. The molecule has 0 aromatic rings. The van der Waals surface area contributed by atoms with Crippen molar-refractivity contribution in [2.45, 2.75) is 63.3 Å². The lowest BCUT2D eigenvalue weighted by Gasteiger charge is -2.34. The van der Waals surface area contributed by atoms with Gasteiger partial charge in [-0.1, -0.05) is 19.3 Å². The largest absolute Gasteiger partial charge is 0.338 e. The van der Waals surface area contributed by atoms with E-state index in [9.17, 15) is 4.79 Å². The average molecular weight is 244 g/mol. The van der Waals surface area contributed by atoms with Gasteiger partial charge in [-0.15, -0.1) is 11.6 Å². The first-order valence-corrected chi connectivity index (χ1v) is 7.08. The van der Waals surface area contributed by atoms with Gasteiger partial charge in [0.05, 0.1) is 0 Å². The highest BCUT2D eigenvalue weighted by atomic mass is 35.5. The second-order valence-corrected chi connectivity index (χ2v) is 5.91. The molecule has 0 spiro atoms. The van der Waals surface area contributed by atoms with E-state index in [1.54, 1.807) is 6.92 Å². The van der Waals surface area contributed by atoms with Crippen LogP contribution in [0.4, 0.5) is 0 Å². The number of carbonyl (C=O) groups excluding carboxylic acids is 1. The smallest absolute Gasteiger partial charge is 0.240 e. The first kappa shape index (κ1) is 12.2. The van der Waals surface area contributed by atoms with Crippen LogP contribution in [0.15, 0.2) is 0 Å². The number of hydrogen-bond acceptors (Lipinski definition) is 1. The SMILES string of the molecule is CC(Cl)C(=O)N1CCCC1C1CCCCC1. The third kappa shape index (κ3) is 2.53. The molecule has 1 saturated carbocycles. The molecule has 1 aliphatic heterocycles. The van der Waals surface area contributed by atoms with E-state index >= 15 is 0 Å². The molecule has 1 aliphatic carbocycles. The molecule has 0 bridgehead atoms. The Morgan fingerprint density at radius 3 is 2.50 bits per heavy atom. The molecule has 1 amide bonds. The lowest BCUT2D eigenvalue weighted by atomic mass is 9.83. The molecule has 2 fully saturated rings.